The van der Waals surface area contributed by atoms with Gasteiger partial charge in [0.1, 0.15) is 17.9 Å². The third kappa shape index (κ3) is 6.11. The van der Waals surface area contributed by atoms with E-state index in [4.69, 9.17) is 28.7 Å². The Balaban J connectivity index is 1.38. The molecule has 0 aliphatic rings. The van der Waals surface area contributed by atoms with Crippen molar-refractivity contribution in [2.45, 2.75) is 13.5 Å². The smallest absolute Gasteiger partial charge is 0.335 e. The molecule has 0 spiro atoms. The van der Waals surface area contributed by atoms with Crippen molar-refractivity contribution in [3.63, 3.8) is 0 Å². The quantitative estimate of drug-likeness (QED) is 0.119. The second-order valence-electron chi connectivity index (χ2n) is 9.85. The second kappa shape index (κ2) is 12.8. The summed E-state index contributed by atoms with van der Waals surface area (Å²) in [5, 5.41) is 14.9. The molecule has 4 aromatic carbocycles. The Kier molecular flexibility index (Phi) is 8.52. The van der Waals surface area contributed by atoms with Gasteiger partial charge in [-0.15, -0.1) is 0 Å². The van der Waals surface area contributed by atoms with Crippen LogP contribution in [-0.4, -0.2) is 40.7 Å². The number of carbonyl (C=O) groups is 1. The van der Waals surface area contributed by atoms with Gasteiger partial charge in [0.15, 0.2) is 17.3 Å². The maximum Gasteiger partial charge on any atom is 0.335 e. The van der Waals surface area contributed by atoms with Crippen LogP contribution in [0.4, 0.5) is 0 Å². The fourth-order valence-electron chi connectivity index (χ4n) is 4.80. The number of furan rings is 1. The van der Waals surface area contributed by atoms with Crippen LogP contribution in [0.25, 0.3) is 33.5 Å². The summed E-state index contributed by atoms with van der Waals surface area (Å²) in [6.07, 6.45) is 1.56. The van der Waals surface area contributed by atoms with E-state index in [0.29, 0.717) is 51.7 Å². The zero-order chi connectivity index (χ0) is 31.5. The molecular formula is C34H26IN3O7. The topological polar surface area (TPSA) is 125 Å². The second-order valence-corrected chi connectivity index (χ2v) is 11.0. The van der Waals surface area contributed by atoms with E-state index in [9.17, 15) is 9.59 Å². The molecule has 0 aliphatic carbocycles. The van der Waals surface area contributed by atoms with Gasteiger partial charge in [0.05, 0.1) is 45.4 Å². The van der Waals surface area contributed by atoms with Crippen molar-refractivity contribution in [3.8, 4) is 28.8 Å². The first-order chi connectivity index (χ1) is 21.9. The highest BCUT2D eigenvalue weighted by molar-refractivity contribution is 14.1. The Hall–Kier alpha value is -5.17. The third-order valence-electron chi connectivity index (χ3n) is 6.95. The van der Waals surface area contributed by atoms with E-state index >= 15 is 0 Å². The summed E-state index contributed by atoms with van der Waals surface area (Å²) >= 11 is 2.16. The number of aromatic nitrogens is 2. The predicted octanol–water partition coefficient (Wildman–Crippen LogP) is 6.98. The Morgan fingerprint density at radius 2 is 1.80 bits per heavy atom. The molecule has 0 bridgehead atoms. The summed E-state index contributed by atoms with van der Waals surface area (Å²) in [5.41, 5.74) is 2.43. The van der Waals surface area contributed by atoms with E-state index in [-0.39, 0.29) is 23.6 Å². The van der Waals surface area contributed by atoms with Crippen LogP contribution in [0.5, 0.6) is 17.2 Å². The SMILES string of the molecule is CCOc1cc(C=Nn2c(-c3cc4c(OC)cccc4o3)nc3ccccc3c2=O)cc(I)c1OCc1ccc(C(=O)O)cc1. The number of fused-ring (bicyclic) bond motifs is 2. The van der Waals surface area contributed by atoms with Crippen LogP contribution in [0.3, 0.4) is 0 Å². The molecule has 0 unspecified atom stereocenters. The Labute approximate surface area is 270 Å². The number of benzene rings is 4. The van der Waals surface area contributed by atoms with Gasteiger partial charge in [0.2, 0.25) is 5.82 Å². The van der Waals surface area contributed by atoms with E-state index in [1.807, 2.05) is 37.3 Å². The molecule has 0 fully saturated rings. The molecule has 2 heterocycles. The van der Waals surface area contributed by atoms with Crippen LogP contribution in [0.2, 0.25) is 0 Å². The molecule has 10 nitrogen and oxygen atoms in total. The Morgan fingerprint density at radius 1 is 1.00 bits per heavy atom. The van der Waals surface area contributed by atoms with Crippen LogP contribution in [0.1, 0.15) is 28.4 Å². The van der Waals surface area contributed by atoms with Crippen molar-refractivity contribution < 1.29 is 28.5 Å². The van der Waals surface area contributed by atoms with Gasteiger partial charge in [-0.2, -0.15) is 9.78 Å². The molecule has 1 N–H and O–H groups in total. The molecule has 226 valence electrons. The van der Waals surface area contributed by atoms with Crippen LogP contribution >= 0.6 is 22.6 Å². The van der Waals surface area contributed by atoms with E-state index < -0.39 is 5.97 Å². The summed E-state index contributed by atoms with van der Waals surface area (Å²) in [6.45, 7) is 2.48. The molecule has 11 heteroatoms. The minimum Gasteiger partial charge on any atom is -0.496 e. The number of rotatable bonds is 10. The number of methoxy groups -OCH3 is 1. The minimum absolute atomic E-state index is 0.205. The average molecular weight is 716 g/mol. The van der Waals surface area contributed by atoms with Crippen molar-refractivity contribution in [1.82, 2.24) is 9.66 Å². The van der Waals surface area contributed by atoms with Crippen molar-refractivity contribution >= 4 is 56.6 Å². The maximum atomic E-state index is 13.7. The number of hydrogen-bond acceptors (Lipinski definition) is 8. The summed E-state index contributed by atoms with van der Waals surface area (Å²) in [5.74, 6) is 1.29. The van der Waals surface area contributed by atoms with Crippen LogP contribution in [0.15, 0.2) is 99.2 Å². The zero-order valence-electron chi connectivity index (χ0n) is 24.2. The molecule has 0 saturated heterocycles. The van der Waals surface area contributed by atoms with Gasteiger partial charge in [-0.1, -0.05) is 30.3 Å². The van der Waals surface area contributed by atoms with Gasteiger partial charge in [-0.05, 0) is 95.2 Å². The highest BCUT2D eigenvalue weighted by Gasteiger charge is 2.18. The highest BCUT2D eigenvalue weighted by atomic mass is 127. The average Bonchev–Trinajstić information content (AvgIpc) is 3.49. The largest absolute Gasteiger partial charge is 0.496 e. The first-order valence-electron chi connectivity index (χ1n) is 13.9. The number of aromatic carboxylic acids is 1. The molecular weight excluding hydrogens is 689 g/mol. The number of nitrogens with zero attached hydrogens (tertiary/aromatic N) is 3. The Morgan fingerprint density at radius 3 is 2.56 bits per heavy atom. The molecule has 2 aromatic heterocycles. The molecule has 45 heavy (non-hydrogen) atoms. The van der Waals surface area contributed by atoms with Crippen molar-refractivity contribution in [2.75, 3.05) is 13.7 Å². The summed E-state index contributed by atoms with van der Waals surface area (Å²) in [7, 11) is 1.59. The van der Waals surface area contributed by atoms with Crippen molar-refractivity contribution in [2.24, 2.45) is 5.10 Å². The molecule has 0 radical (unpaired) electrons. The zero-order valence-corrected chi connectivity index (χ0v) is 26.3. The van der Waals surface area contributed by atoms with Crippen molar-refractivity contribution in [1.29, 1.82) is 0 Å². The lowest BCUT2D eigenvalue weighted by Crippen LogP contribution is -2.20. The fourth-order valence-corrected chi connectivity index (χ4v) is 5.58. The molecule has 6 rings (SSSR count). The number of halogens is 1. The monoisotopic (exact) mass is 715 g/mol. The van der Waals surface area contributed by atoms with Gasteiger partial charge >= 0.3 is 5.97 Å². The lowest BCUT2D eigenvalue weighted by molar-refractivity contribution is 0.0697. The molecule has 0 atom stereocenters. The number of carboxylic acids is 1. The first-order valence-corrected chi connectivity index (χ1v) is 15.0. The maximum absolute atomic E-state index is 13.7. The van der Waals surface area contributed by atoms with Gasteiger partial charge in [-0.25, -0.2) is 9.78 Å². The van der Waals surface area contributed by atoms with Gasteiger partial charge in [0.25, 0.3) is 5.56 Å². The molecule has 0 saturated carbocycles. The first kappa shape index (κ1) is 29.9. The fraction of sp³-hybridized carbons (Fsp3) is 0.118. The normalized spacial score (nSPS) is 11.4. The lowest BCUT2D eigenvalue weighted by atomic mass is 10.1. The number of hydrogen-bond donors (Lipinski definition) is 1. The standard InChI is InChI=1S/C34H26IN3O7/c1-3-43-29-16-21(15-25(35)31(29)44-19-20-11-13-22(14-12-20)34(40)41)18-36-38-32(37-26-8-5-4-7-23(26)33(38)39)30-17-24-27(42-2)9-6-10-28(24)45-30/h4-18H,3,19H2,1-2H3,(H,40,41). The van der Waals surface area contributed by atoms with Gasteiger partial charge < -0.3 is 23.7 Å². The third-order valence-corrected chi connectivity index (χ3v) is 7.75. The number of carboxylic acid groups (broad SMARTS) is 1. The van der Waals surface area contributed by atoms with E-state index in [0.717, 1.165) is 14.5 Å². The summed E-state index contributed by atoms with van der Waals surface area (Å²) in [6, 6.07) is 24.5. The van der Waals surface area contributed by atoms with Gasteiger partial charge in [-0.3, -0.25) is 4.79 Å². The van der Waals surface area contributed by atoms with Crippen LogP contribution < -0.4 is 19.8 Å². The summed E-state index contributed by atoms with van der Waals surface area (Å²) < 4.78 is 25.6. The van der Waals surface area contributed by atoms with Crippen LogP contribution in [-0.2, 0) is 6.61 Å². The van der Waals surface area contributed by atoms with Gasteiger partial charge in [0, 0.05) is 0 Å². The summed E-state index contributed by atoms with van der Waals surface area (Å²) in [4.78, 5) is 29.6. The Bertz CT molecular complexity index is 2140. The number of ether oxygens (including phenoxy) is 3. The van der Waals surface area contributed by atoms with E-state index in [2.05, 4.69) is 27.7 Å². The minimum atomic E-state index is -0.987. The van der Waals surface area contributed by atoms with Crippen molar-refractivity contribution in [3.05, 3.63) is 116 Å². The van der Waals surface area contributed by atoms with E-state index in [1.54, 1.807) is 55.8 Å². The predicted molar refractivity (Wildman–Crippen MR) is 179 cm³/mol. The van der Waals surface area contributed by atoms with E-state index in [1.165, 1.54) is 16.8 Å². The highest BCUT2D eigenvalue weighted by Crippen LogP contribution is 2.35. The van der Waals surface area contributed by atoms with Crippen LogP contribution in [0, 0.1) is 3.57 Å². The molecule has 0 aliphatic heterocycles. The molecule has 0 amide bonds. The lowest BCUT2D eigenvalue weighted by Gasteiger charge is -2.15. The number of para-hydroxylation sites is 1. The molecule has 6 aromatic rings.